The largest absolute Gasteiger partial charge is 0.325 e. The third kappa shape index (κ3) is 6.07. The molecule has 1 unspecified atom stereocenters. The summed E-state index contributed by atoms with van der Waals surface area (Å²) >= 11 is 1.63. The predicted octanol–water partition coefficient (Wildman–Crippen LogP) is 2.27. The maximum Gasteiger partial charge on any atom is 0.325 e. The minimum Gasteiger partial charge on any atom is -0.324 e. The highest BCUT2D eigenvalue weighted by atomic mass is 32.1. The van der Waals surface area contributed by atoms with Crippen LogP contribution in [0.1, 0.15) is 36.4 Å². The topological polar surface area (TPSA) is 73.7 Å². The summed E-state index contributed by atoms with van der Waals surface area (Å²) in [6.07, 6.45) is 1.27. The summed E-state index contributed by atoms with van der Waals surface area (Å²) < 4.78 is 10.8. The van der Waals surface area contributed by atoms with Crippen molar-refractivity contribution in [2.45, 2.75) is 32.2 Å². The number of nitrogens with zero attached hydrogens (tertiary/aromatic N) is 2. The van der Waals surface area contributed by atoms with Crippen LogP contribution in [0.5, 0.6) is 0 Å². The minimum atomic E-state index is -3.85. The number of thiazole rings is 1. The van der Waals surface area contributed by atoms with Gasteiger partial charge in [0.05, 0.1) is 10.7 Å². The van der Waals surface area contributed by atoms with Gasteiger partial charge in [-0.2, -0.15) is 0 Å². The average Bonchev–Trinajstić information content (AvgIpc) is 2.63. The van der Waals surface area contributed by atoms with Gasteiger partial charge in [-0.05, 0) is 26.9 Å². The zero-order chi connectivity index (χ0) is 13.8. The van der Waals surface area contributed by atoms with Gasteiger partial charge in [-0.25, -0.2) is 4.98 Å². The van der Waals surface area contributed by atoms with Crippen molar-refractivity contribution < 1.29 is 14.4 Å². The van der Waals surface area contributed by atoms with Crippen molar-refractivity contribution in [3.05, 3.63) is 16.1 Å². The Morgan fingerprint density at radius 3 is 2.72 bits per heavy atom. The highest BCUT2D eigenvalue weighted by molar-refractivity contribution is 7.51. The Labute approximate surface area is 112 Å². The van der Waals surface area contributed by atoms with Gasteiger partial charge in [-0.3, -0.25) is 4.57 Å². The first-order chi connectivity index (χ1) is 8.28. The maximum absolute atomic E-state index is 10.8. The zero-order valence-corrected chi connectivity index (χ0v) is 12.7. The van der Waals surface area contributed by atoms with Crippen molar-refractivity contribution in [2.24, 2.45) is 0 Å². The second kappa shape index (κ2) is 6.78. The van der Waals surface area contributed by atoms with Gasteiger partial charge in [0.1, 0.15) is 0 Å². The number of hydrogen-bond acceptors (Lipinski definition) is 4. The summed E-state index contributed by atoms with van der Waals surface area (Å²) in [4.78, 5) is 24.2. The molecule has 0 aliphatic rings. The van der Waals surface area contributed by atoms with Crippen molar-refractivity contribution in [1.29, 1.82) is 0 Å². The third-order valence-corrected chi connectivity index (χ3v) is 4.58. The fraction of sp³-hybridized carbons (Fsp3) is 0.727. The standard InChI is InChI=1S/C11H21N2O3PS/c1-9(5-4-6-17(14,15)16)11-12-10(8-18-11)7-13(2)3/h8-9H,4-7H2,1-3H3,(H2,14,15,16). The first-order valence-corrected chi connectivity index (χ1v) is 8.59. The van der Waals surface area contributed by atoms with Crippen LogP contribution in [0.4, 0.5) is 0 Å². The lowest BCUT2D eigenvalue weighted by Crippen LogP contribution is -2.11. The Morgan fingerprint density at radius 1 is 1.50 bits per heavy atom. The molecule has 104 valence electrons. The van der Waals surface area contributed by atoms with E-state index in [2.05, 4.69) is 22.2 Å². The van der Waals surface area contributed by atoms with E-state index < -0.39 is 7.60 Å². The van der Waals surface area contributed by atoms with Crippen LogP contribution in [0.3, 0.4) is 0 Å². The second-order valence-corrected chi connectivity index (χ2v) is 7.51. The molecule has 1 atom stereocenters. The third-order valence-electron chi connectivity index (χ3n) is 2.56. The van der Waals surface area contributed by atoms with E-state index in [0.717, 1.165) is 23.7 Å². The molecule has 5 nitrogen and oxygen atoms in total. The molecule has 0 aromatic carbocycles. The van der Waals surface area contributed by atoms with Crippen LogP contribution in [0.25, 0.3) is 0 Å². The van der Waals surface area contributed by atoms with E-state index in [1.165, 1.54) is 0 Å². The van der Waals surface area contributed by atoms with E-state index in [-0.39, 0.29) is 12.1 Å². The minimum absolute atomic E-state index is 0.0345. The predicted molar refractivity (Wildman–Crippen MR) is 74.1 cm³/mol. The summed E-state index contributed by atoms with van der Waals surface area (Å²) in [5.41, 5.74) is 1.06. The molecule has 0 aliphatic heterocycles. The lowest BCUT2D eigenvalue weighted by molar-refractivity contribution is 0.370. The van der Waals surface area contributed by atoms with E-state index in [4.69, 9.17) is 9.79 Å². The molecule has 0 saturated heterocycles. The zero-order valence-electron chi connectivity index (χ0n) is 11.0. The van der Waals surface area contributed by atoms with Crippen molar-refractivity contribution in [2.75, 3.05) is 20.3 Å². The number of hydrogen-bond donors (Lipinski definition) is 2. The molecule has 1 aromatic heterocycles. The summed E-state index contributed by atoms with van der Waals surface area (Å²) in [6, 6.07) is 0. The molecule has 2 N–H and O–H groups in total. The molecule has 0 aliphatic carbocycles. The molecule has 1 aromatic rings. The normalized spacial score (nSPS) is 14.1. The molecule has 0 amide bonds. The summed E-state index contributed by atoms with van der Waals surface area (Å²) in [6.45, 7) is 2.88. The van der Waals surface area contributed by atoms with Crippen molar-refractivity contribution >= 4 is 18.9 Å². The smallest absolute Gasteiger partial charge is 0.324 e. The Kier molecular flexibility index (Phi) is 5.95. The van der Waals surface area contributed by atoms with Crippen LogP contribution >= 0.6 is 18.9 Å². The van der Waals surface area contributed by atoms with Gasteiger partial charge in [0, 0.05) is 24.0 Å². The van der Waals surface area contributed by atoms with E-state index in [1.807, 2.05) is 14.1 Å². The van der Waals surface area contributed by atoms with Crippen molar-refractivity contribution in [3.63, 3.8) is 0 Å². The van der Waals surface area contributed by atoms with E-state index >= 15 is 0 Å². The van der Waals surface area contributed by atoms with Crippen LogP contribution in [-0.4, -0.2) is 39.9 Å². The first kappa shape index (κ1) is 15.8. The monoisotopic (exact) mass is 292 g/mol. The highest BCUT2D eigenvalue weighted by Gasteiger charge is 2.15. The van der Waals surface area contributed by atoms with Gasteiger partial charge in [-0.1, -0.05) is 6.92 Å². The molecule has 1 heterocycles. The molecule has 18 heavy (non-hydrogen) atoms. The fourth-order valence-electron chi connectivity index (χ4n) is 1.67. The number of aromatic nitrogens is 1. The molecule has 0 bridgehead atoms. The molecule has 0 radical (unpaired) electrons. The van der Waals surface area contributed by atoms with Crippen LogP contribution in [-0.2, 0) is 11.1 Å². The van der Waals surface area contributed by atoms with Gasteiger partial charge < -0.3 is 14.7 Å². The molecular formula is C11H21N2O3PS. The van der Waals surface area contributed by atoms with Gasteiger partial charge in [-0.15, -0.1) is 11.3 Å². The van der Waals surface area contributed by atoms with Crippen LogP contribution < -0.4 is 0 Å². The molecule has 0 spiro atoms. The first-order valence-electron chi connectivity index (χ1n) is 5.91. The lowest BCUT2D eigenvalue weighted by atomic mass is 10.1. The molecular weight excluding hydrogens is 271 g/mol. The Balaban J connectivity index is 2.44. The van der Waals surface area contributed by atoms with Gasteiger partial charge in [0.2, 0.25) is 0 Å². The van der Waals surface area contributed by atoms with E-state index in [9.17, 15) is 4.57 Å². The van der Waals surface area contributed by atoms with Gasteiger partial charge >= 0.3 is 7.60 Å². The van der Waals surface area contributed by atoms with Crippen LogP contribution in [0, 0.1) is 0 Å². The van der Waals surface area contributed by atoms with E-state index in [0.29, 0.717) is 6.42 Å². The Hall–Kier alpha value is -0.260. The average molecular weight is 292 g/mol. The fourth-order valence-corrected chi connectivity index (χ4v) is 3.17. The Bertz CT molecular complexity index is 416. The summed E-state index contributed by atoms with van der Waals surface area (Å²) in [7, 11) is 0.154. The molecule has 0 saturated carbocycles. The summed E-state index contributed by atoms with van der Waals surface area (Å²) in [5.74, 6) is 0.262. The maximum atomic E-state index is 10.8. The highest BCUT2D eigenvalue weighted by Crippen LogP contribution is 2.36. The summed E-state index contributed by atoms with van der Waals surface area (Å²) in [5, 5.41) is 3.10. The van der Waals surface area contributed by atoms with Crippen molar-refractivity contribution in [1.82, 2.24) is 9.88 Å². The molecule has 7 heteroatoms. The number of rotatable bonds is 7. The van der Waals surface area contributed by atoms with Crippen LogP contribution in [0.15, 0.2) is 5.38 Å². The Morgan fingerprint density at radius 2 is 2.17 bits per heavy atom. The lowest BCUT2D eigenvalue weighted by Gasteiger charge is -2.09. The quantitative estimate of drug-likeness (QED) is 0.754. The SMILES string of the molecule is CC(CCCP(=O)(O)O)c1nc(CN(C)C)cs1. The van der Waals surface area contributed by atoms with Gasteiger partial charge in [0.25, 0.3) is 0 Å². The van der Waals surface area contributed by atoms with Crippen molar-refractivity contribution in [3.8, 4) is 0 Å². The van der Waals surface area contributed by atoms with E-state index in [1.54, 1.807) is 11.3 Å². The molecule has 0 fully saturated rings. The molecule has 1 rings (SSSR count). The second-order valence-electron chi connectivity index (χ2n) is 4.85. The van der Waals surface area contributed by atoms with Crippen LogP contribution in [0.2, 0.25) is 0 Å². The van der Waals surface area contributed by atoms with Gasteiger partial charge in [0.15, 0.2) is 0 Å².